The monoisotopic (exact) mass is 408 g/mol. The van der Waals surface area contributed by atoms with Crippen molar-refractivity contribution in [1.29, 1.82) is 0 Å². The Kier molecular flexibility index (Phi) is 6.01. The first-order valence-corrected chi connectivity index (χ1v) is 9.88. The molecule has 30 heavy (non-hydrogen) atoms. The number of anilines is 1. The van der Waals surface area contributed by atoms with Crippen LogP contribution in [0.1, 0.15) is 15.9 Å². The first kappa shape index (κ1) is 20.0. The summed E-state index contributed by atoms with van der Waals surface area (Å²) in [5.74, 6) is -0.417. The van der Waals surface area contributed by atoms with Gasteiger partial charge >= 0.3 is 0 Å². The van der Waals surface area contributed by atoms with Crippen LogP contribution >= 0.6 is 0 Å². The predicted molar refractivity (Wildman–Crippen MR) is 112 cm³/mol. The minimum absolute atomic E-state index is 0.161. The number of hydrogen-bond acceptors (Lipinski definition) is 6. The van der Waals surface area contributed by atoms with Crippen molar-refractivity contribution in [2.75, 3.05) is 38.2 Å². The second-order valence-corrected chi connectivity index (χ2v) is 7.20. The van der Waals surface area contributed by atoms with Crippen molar-refractivity contribution in [3.8, 4) is 5.69 Å². The maximum Gasteiger partial charge on any atom is 0.263 e. The number of carbonyl (C=O) groups excluding carboxylic acids is 1. The molecule has 3 aromatic rings. The van der Waals surface area contributed by atoms with Gasteiger partial charge in [-0.25, -0.2) is 0 Å². The zero-order valence-electron chi connectivity index (χ0n) is 16.8. The number of pyridine rings is 1. The van der Waals surface area contributed by atoms with Crippen LogP contribution in [0.2, 0.25) is 0 Å². The Labute approximate surface area is 173 Å². The molecular weight excluding hydrogens is 384 g/mol. The Bertz CT molecular complexity index is 1070. The molecule has 0 atom stereocenters. The number of morpholine rings is 1. The van der Waals surface area contributed by atoms with Gasteiger partial charge in [-0.3, -0.25) is 19.1 Å². The molecule has 4 rings (SSSR count). The molecule has 1 aliphatic rings. The van der Waals surface area contributed by atoms with E-state index in [1.54, 1.807) is 47.0 Å². The van der Waals surface area contributed by atoms with Crippen molar-refractivity contribution in [1.82, 2.24) is 24.2 Å². The smallest absolute Gasteiger partial charge is 0.263 e. The van der Waals surface area contributed by atoms with Crippen LogP contribution in [0.3, 0.4) is 0 Å². The van der Waals surface area contributed by atoms with Crippen LogP contribution in [0.5, 0.6) is 0 Å². The fraction of sp³-hybridized carbons (Fsp3) is 0.333. The number of amides is 1. The molecule has 156 valence electrons. The lowest BCUT2D eigenvalue weighted by Gasteiger charge is -2.26. The van der Waals surface area contributed by atoms with Crippen LogP contribution in [0.4, 0.5) is 5.69 Å². The molecule has 0 spiro atoms. The zero-order chi connectivity index (χ0) is 20.9. The molecule has 0 unspecified atom stereocenters. The number of hydrogen-bond donors (Lipinski definition) is 1. The molecule has 3 heterocycles. The Morgan fingerprint density at radius 2 is 1.90 bits per heavy atom. The van der Waals surface area contributed by atoms with E-state index in [0.29, 0.717) is 31.0 Å². The van der Waals surface area contributed by atoms with Crippen molar-refractivity contribution in [2.24, 2.45) is 0 Å². The highest BCUT2D eigenvalue weighted by atomic mass is 16.5. The van der Waals surface area contributed by atoms with Crippen molar-refractivity contribution in [3.05, 3.63) is 70.7 Å². The molecule has 2 aromatic heterocycles. The second-order valence-electron chi connectivity index (χ2n) is 7.20. The Morgan fingerprint density at radius 1 is 1.13 bits per heavy atom. The highest BCUT2D eigenvalue weighted by Gasteiger charge is 2.17. The zero-order valence-corrected chi connectivity index (χ0v) is 16.8. The normalized spacial score (nSPS) is 14.6. The molecule has 1 amide bonds. The van der Waals surface area contributed by atoms with E-state index >= 15 is 0 Å². The summed E-state index contributed by atoms with van der Waals surface area (Å²) < 4.78 is 8.70. The minimum atomic E-state index is -0.417. The summed E-state index contributed by atoms with van der Waals surface area (Å²) in [7, 11) is 0. The number of rotatable bonds is 6. The molecule has 9 nitrogen and oxygen atoms in total. The van der Waals surface area contributed by atoms with Crippen molar-refractivity contribution in [2.45, 2.75) is 13.5 Å². The van der Waals surface area contributed by atoms with E-state index in [-0.39, 0.29) is 11.1 Å². The number of aromatic nitrogens is 4. The summed E-state index contributed by atoms with van der Waals surface area (Å²) in [6.45, 7) is 6.19. The highest BCUT2D eigenvalue weighted by Crippen LogP contribution is 2.15. The van der Waals surface area contributed by atoms with E-state index in [4.69, 9.17) is 4.74 Å². The van der Waals surface area contributed by atoms with Gasteiger partial charge in [-0.05, 0) is 36.8 Å². The summed E-state index contributed by atoms with van der Waals surface area (Å²) in [6, 6.07) is 9.09. The second kappa shape index (κ2) is 9.02. The summed E-state index contributed by atoms with van der Waals surface area (Å²) in [4.78, 5) is 28.2. The molecule has 1 aliphatic heterocycles. The first-order valence-electron chi connectivity index (χ1n) is 9.88. The van der Waals surface area contributed by atoms with Crippen LogP contribution in [-0.2, 0) is 11.3 Å². The average molecular weight is 408 g/mol. The summed E-state index contributed by atoms with van der Waals surface area (Å²) in [5.41, 5.74) is 1.93. The van der Waals surface area contributed by atoms with Gasteiger partial charge in [0.2, 0.25) is 0 Å². The summed E-state index contributed by atoms with van der Waals surface area (Å²) >= 11 is 0. The lowest BCUT2D eigenvalue weighted by atomic mass is 10.1. The van der Waals surface area contributed by atoms with E-state index in [1.165, 1.54) is 0 Å². The summed E-state index contributed by atoms with van der Waals surface area (Å²) in [6.07, 6.45) is 4.91. The van der Waals surface area contributed by atoms with E-state index in [0.717, 1.165) is 25.3 Å². The third-order valence-corrected chi connectivity index (χ3v) is 5.18. The number of benzene rings is 1. The molecular formula is C21H24N6O3. The Hall–Kier alpha value is -3.30. The molecule has 0 radical (unpaired) electrons. The number of nitrogens with one attached hydrogen (secondary N) is 1. The van der Waals surface area contributed by atoms with Crippen LogP contribution in [-0.4, -0.2) is 63.0 Å². The van der Waals surface area contributed by atoms with Crippen LogP contribution in [0.25, 0.3) is 5.69 Å². The maximum absolute atomic E-state index is 13.0. The van der Waals surface area contributed by atoms with Gasteiger partial charge in [0.1, 0.15) is 18.2 Å². The third kappa shape index (κ3) is 4.47. The molecule has 1 saturated heterocycles. The van der Waals surface area contributed by atoms with Gasteiger partial charge in [-0.1, -0.05) is 6.07 Å². The fourth-order valence-electron chi connectivity index (χ4n) is 3.46. The van der Waals surface area contributed by atoms with Gasteiger partial charge in [0, 0.05) is 38.1 Å². The van der Waals surface area contributed by atoms with Crippen LogP contribution < -0.4 is 10.9 Å². The minimum Gasteiger partial charge on any atom is -0.379 e. The Balaban J connectivity index is 1.51. The van der Waals surface area contributed by atoms with Gasteiger partial charge in [-0.2, -0.15) is 0 Å². The quantitative estimate of drug-likeness (QED) is 0.661. The van der Waals surface area contributed by atoms with E-state index in [1.807, 2.05) is 18.2 Å². The summed E-state index contributed by atoms with van der Waals surface area (Å²) in [5, 5.41) is 10.4. The Morgan fingerprint density at radius 3 is 2.67 bits per heavy atom. The van der Waals surface area contributed by atoms with Gasteiger partial charge in [0.05, 0.1) is 18.9 Å². The molecule has 9 heteroatoms. The fourth-order valence-corrected chi connectivity index (χ4v) is 3.46. The first-order chi connectivity index (χ1) is 14.6. The van der Waals surface area contributed by atoms with Crippen molar-refractivity contribution in [3.63, 3.8) is 0 Å². The highest BCUT2D eigenvalue weighted by molar-refractivity contribution is 6.05. The third-order valence-electron chi connectivity index (χ3n) is 5.18. The lowest BCUT2D eigenvalue weighted by Crippen LogP contribution is -2.40. The largest absolute Gasteiger partial charge is 0.379 e. The molecule has 0 aliphatic carbocycles. The van der Waals surface area contributed by atoms with Crippen molar-refractivity contribution >= 4 is 11.6 Å². The van der Waals surface area contributed by atoms with Gasteiger partial charge in [-0.15, -0.1) is 10.2 Å². The van der Waals surface area contributed by atoms with Crippen LogP contribution in [0.15, 0.2) is 54.0 Å². The number of nitrogens with zero attached hydrogens (tertiary/aromatic N) is 5. The SMILES string of the molecule is Cc1ccn(CCN2CCOCC2)c(=O)c1C(=O)Nc1cccc(-n2cnnc2)c1. The van der Waals surface area contributed by atoms with Gasteiger partial charge < -0.3 is 14.6 Å². The molecule has 0 bridgehead atoms. The topological polar surface area (TPSA) is 94.3 Å². The van der Waals surface area contributed by atoms with Gasteiger partial charge in [0.15, 0.2) is 0 Å². The maximum atomic E-state index is 13.0. The number of ether oxygens (including phenoxy) is 1. The van der Waals surface area contributed by atoms with E-state index < -0.39 is 5.91 Å². The molecule has 1 N–H and O–H groups in total. The predicted octanol–water partition coefficient (Wildman–Crippen LogP) is 1.32. The lowest BCUT2D eigenvalue weighted by molar-refractivity contribution is 0.0363. The average Bonchev–Trinajstić information content (AvgIpc) is 3.29. The van der Waals surface area contributed by atoms with Crippen molar-refractivity contribution < 1.29 is 9.53 Å². The molecule has 1 aromatic carbocycles. The van der Waals surface area contributed by atoms with Gasteiger partial charge in [0.25, 0.3) is 11.5 Å². The number of aryl methyl sites for hydroxylation is 1. The van der Waals surface area contributed by atoms with E-state index in [9.17, 15) is 9.59 Å². The van der Waals surface area contributed by atoms with E-state index in [2.05, 4.69) is 20.4 Å². The number of carbonyl (C=O) groups is 1. The molecule has 1 fully saturated rings. The standard InChI is InChI=1S/C21H24N6O3/c1-16-5-6-26(8-7-25-9-11-30-12-10-25)21(29)19(16)20(28)24-17-3-2-4-18(13-17)27-14-22-23-15-27/h2-6,13-15H,7-12H2,1H3,(H,24,28). The molecule has 0 saturated carbocycles. The van der Waals surface area contributed by atoms with Crippen LogP contribution in [0, 0.1) is 6.92 Å².